The van der Waals surface area contributed by atoms with Gasteiger partial charge < -0.3 is 10.2 Å². The molecule has 0 aromatic heterocycles. The van der Waals surface area contributed by atoms with Crippen LogP contribution in [0.25, 0.3) is 0 Å². The fourth-order valence-corrected chi connectivity index (χ4v) is 2.32. The summed E-state index contributed by atoms with van der Waals surface area (Å²) in [6, 6.07) is 16.5. The maximum atomic E-state index is 5.43. The van der Waals surface area contributed by atoms with Gasteiger partial charge in [-0.25, -0.2) is 0 Å². The third kappa shape index (κ3) is 4.32. The molecule has 0 aliphatic carbocycles. The monoisotopic (exact) mass is 348 g/mol. The van der Waals surface area contributed by atoms with E-state index in [1.165, 1.54) is 11.1 Å². The molecule has 0 aliphatic heterocycles. The first-order chi connectivity index (χ1) is 9.54. The summed E-state index contributed by atoms with van der Waals surface area (Å²) in [5, 5.41) is 3.98. The first-order valence-electron chi connectivity index (χ1n) is 6.38. The quantitative estimate of drug-likeness (QED) is 0.816. The molecule has 0 spiro atoms. The molecule has 104 valence electrons. The molecule has 0 fully saturated rings. The molecule has 0 heterocycles. The van der Waals surface area contributed by atoms with Gasteiger partial charge in [0, 0.05) is 23.8 Å². The highest BCUT2D eigenvalue weighted by atomic mass is 79.9. The van der Waals surface area contributed by atoms with Crippen LogP contribution in [0.3, 0.4) is 0 Å². The fraction of sp³-hybridized carbons (Fsp3) is 0.188. The number of rotatable bonds is 3. The van der Waals surface area contributed by atoms with Gasteiger partial charge in [0.15, 0.2) is 5.11 Å². The molecule has 1 N–H and O–H groups in total. The number of benzene rings is 2. The zero-order valence-electron chi connectivity index (χ0n) is 11.6. The van der Waals surface area contributed by atoms with Gasteiger partial charge in [-0.2, -0.15) is 0 Å². The lowest BCUT2D eigenvalue weighted by molar-refractivity contribution is 0.508. The molecular weight excluding hydrogens is 332 g/mol. The molecule has 2 nitrogen and oxygen atoms in total. The molecule has 0 radical (unpaired) electrons. The van der Waals surface area contributed by atoms with Crippen molar-refractivity contribution in [1.82, 2.24) is 4.90 Å². The van der Waals surface area contributed by atoms with Crippen LogP contribution in [0.5, 0.6) is 0 Å². The molecule has 0 amide bonds. The van der Waals surface area contributed by atoms with Crippen LogP contribution >= 0.6 is 28.1 Å². The lowest BCUT2D eigenvalue weighted by atomic mass is 10.2. The van der Waals surface area contributed by atoms with Crippen molar-refractivity contribution in [3.8, 4) is 0 Å². The van der Waals surface area contributed by atoms with Gasteiger partial charge in [-0.3, -0.25) is 0 Å². The van der Waals surface area contributed by atoms with Gasteiger partial charge in [-0.15, -0.1) is 0 Å². The number of aryl methyl sites for hydroxylation is 1. The molecule has 2 aromatic carbocycles. The Hall–Kier alpha value is -1.39. The maximum absolute atomic E-state index is 5.43. The topological polar surface area (TPSA) is 15.3 Å². The lowest BCUT2D eigenvalue weighted by Crippen LogP contribution is -2.30. The standard InChI is InChI=1S/C16H17BrN2S/c1-12-4-3-5-15(10-12)18-16(20)19(2)11-13-6-8-14(17)9-7-13/h3-10H,11H2,1-2H3,(H,18,20). The van der Waals surface area contributed by atoms with E-state index >= 15 is 0 Å². The number of nitrogens with one attached hydrogen (secondary N) is 1. The lowest BCUT2D eigenvalue weighted by Gasteiger charge is -2.21. The average molecular weight is 349 g/mol. The van der Waals surface area contributed by atoms with E-state index in [1.807, 2.05) is 36.2 Å². The Balaban J connectivity index is 1.96. The van der Waals surface area contributed by atoms with Crippen LogP contribution in [-0.4, -0.2) is 17.1 Å². The van der Waals surface area contributed by atoms with Gasteiger partial charge in [0.05, 0.1) is 0 Å². The van der Waals surface area contributed by atoms with Crippen molar-refractivity contribution >= 4 is 38.9 Å². The first kappa shape index (κ1) is 15.0. The fourth-order valence-electron chi connectivity index (χ4n) is 1.88. The van der Waals surface area contributed by atoms with E-state index in [0.29, 0.717) is 0 Å². The van der Waals surface area contributed by atoms with E-state index in [2.05, 4.69) is 52.4 Å². The van der Waals surface area contributed by atoms with E-state index in [1.54, 1.807) is 0 Å². The SMILES string of the molecule is Cc1cccc(NC(=S)N(C)Cc2ccc(Br)cc2)c1. The van der Waals surface area contributed by atoms with Gasteiger partial charge in [-0.05, 0) is 54.5 Å². The second-order valence-corrected chi connectivity index (χ2v) is 6.08. The Bertz CT molecular complexity index is 596. The van der Waals surface area contributed by atoms with Crippen molar-refractivity contribution in [2.24, 2.45) is 0 Å². The van der Waals surface area contributed by atoms with E-state index in [-0.39, 0.29) is 0 Å². The second-order valence-electron chi connectivity index (χ2n) is 4.78. The van der Waals surface area contributed by atoms with Crippen molar-refractivity contribution in [2.75, 3.05) is 12.4 Å². The van der Waals surface area contributed by atoms with Crippen LogP contribution in [0.4, 0.5) is 5.69 Å². The van der Waals surface area contributed by atoms with Crippen LogP contribution in [0.2, 0.25) is 0 Å². The second kappa shape index (κ2) is 6.86. The van der Waals surface area contributed by atoms with Gasteiger partial charge >= 0.3 is 0 Å². The molecule has 2 aromatic rings. The highest BCUT2D eigenvalue weighted by molar-refractivity contribution is 9.10. The number of thiocarbonyl (C=S) groups is 1. The summed E-state index contributed by atoms with van der Waals surface area (Å²) < 4.78 is 1.09. The van der Waals surface area contributed by atoms with Gasteiger partial charge in [0.1, 0.15) is 0 Å². The summed E-state index contributed by atoms with van der Waals surface area (Å²) in [5.74, 6) is 0. The number of halogens is 1. The minimum absolute atomic E-state index is 0.721. The minimum Gasteiger partial charge on any atom is -0.348 e. The number of anilines is 1. The predicted molar refractivity (Wildman–Crippen MR) is 93.0 cm³/mol. The van der Waals surface area contributed by atoms with E-state index < -0.39 is 0 Å². The third-order valence-corrected chi connectivity index (χ3v) is 3.89. The molecular formula is C16H17BrN2S. The molecule has 0 atom stereocenters. The van der Waals surface area contributed by atoms with Crippen LogP contribution in [0.1, 0.15) is 11.1 Å². The highest BCUT2D eigenvalue weighted by Gasteiger charge is 2.05. The van der Waals surface area contributed by atoms with Crippen LogP contribution in [0, 0.1) is 6.92 Å². The van der Waals surface area contributed by atoms with Crippen molar-refractivity contribution in [1.29, 1.82) is 0 Å². The van der Waals surface area contributed by atoms with Crippen molar-refractivity contribution in [3.63, 3.8) is 0 Å². The smallest absolute Gasteiger partial charge is 0.173 e. The Kier molecular flexibility index (Phi) is 5.15. The van der Waals surface area contributed by atoms with Crippen LogP contribution < -0.4 is 5.32 Å². The van der Waals surface area contributed by atoms with Gasteiger partial charge in [0.2, 0.25) is 0 Å². The van der Waals surface area contributed by atoms with Gasteiger partial charge in [-0.1, -0.05) is 40.2 Å². The zero-order chi connectivity index (χ0) is 14.5. The Morgan fingerprint density at radius 3 is 2.55 bits per heavy atom. The maximum Gasteiger partial charge on any atom is 0.173 e. The average Bonchev–Trinajstić information content (AvgIpc) is 2.41. The van der Waals surface area contributed by atoms with Crippen molar-refractivity contribution in [3.05, 3.63) is 64.1 Å². The molecule has 0 saturated heterocycles. The van der Waals surface area contributed by atoms with Gasteiger partial charge in [0.25, 0.3) is 0 Å². The number of hydrogen-bond acceptors (Lipinski definition) is 1. The van der Waals surface area contributed by atoms with Crippen molar-refractivity contribution in [2.45, 2.75) is 13.5 Å². The van der Waals surface area contributed by atoms with Crippen LogP contribution in [-0.2, 0) is 6.54 Å². The predicted octanol–water partition coefficient (Wildman–Crippen LogP) is 4.59. The van der Waals surface area contributed by atoms with E-state index in [0.717, 1.165) is 21.8 Å². The van der Waals surface area contributed by atoms with E-state index in [9.17, 15) is 0 Å². The van der Waals surface area contributed by atoms with E-state index in [4.69, 9.17) is 12.2 Å². The molecule has 0 unspecified atom stereocenters. The Morgan fingerprint density at radius 1 is 1.20 bits per heavy atom. The zero-order valence-corrected chi connectivity index (χ0v) is 14.0. The molecule has 0 bridgehead atoms. The summed E-state index contributed by atoms with van der Waals surface area (Å²) in [4.78, 5) is 2.03. The number of nitrogens with zero attached hydrogens (tertiary/aromatic N) is 1. The molecule has 0 saturated carbocycles. The normalized spacial score (nSPS) is 10.2. The Labute approximate surface area is 133 Å². The molecule has 4 heteroatoms. The number of hydrogen-bond donors (Lipinski definition) is 1. The largest absolute Gasteiger partial charge is 0.348 e. The summed E-state index contributed by atoms with van der Waals surface area (Å²) in [7, 11) is 1.99. The summed E-state index contributed by atoms with van der Waals surface area (Å²) >= 11 is 8.87. The Morgan fingerprint density at radius 2 is 1.90 bits per heavy atom. The summed E-state index contributed by atoms with van der Waals surface area (Å²) in [6.45, 7) is 2.85. The molecule has 20 heavy (non-hydrogen) atoms. The summed E-state index contributed by atoms with van der Waals surface area (Å²) in [6.07, 6.45) is 0. The highest BCUT2D eigenvalue weighted by Crippen LogP contribution is 2.13. The van der Waals surface area contributed by atoms with Crippen LogP contribution in [0.15, 0.2) is 53.0 Å². The first-order valence-corrected chi connectivity index (χ1v) is 7.58. The summed E-state index contributed by atoms with van der Waals surface area (Å²) in [5.41, 5.74) is 3.47. The molecule has 2 rings (SSSR count). The third-order valence-electron chi connectivity index (χ3n) is 2.95. The molecule has 0 aliphatic rings. The van der Waals surface area contributed by atoms with Crippen molar-refractivity contribution < 1.29 is 0 Å². The minimum atomic E-state index is 0.721.